The van der Waals surface area contributed by atoms with Gasteiger partial charge in [0.05, 0.1) is 34.4 Å². The Morgan fingerprint density at radius 2 is 1.32 bits per heavy atom. The van der Waals surface area contributed by atoms with Crippen LogP contribution in [0.2, 0.25) is 0 Å². The maximum Gasteiger partial charge on any atom is 0.287 e. The van der Waals surface area contributed by atoms with Crippen LogP contribution in [0.25, 0.3) is 60.3 Å². The number of hydrogen-bond donors (Lipinski definition) is 0. The molecule has 0 N–H and O–H groups in total. The third-order valence-electron chi connectivity index (χ3n) is 10.2. The normalized spacial score (nSPS) is 12.8. The van der Waals surface area contributed by atoms with Crippen LogP contribution in [0.4, 0.5) is 0 Å². The third-order valence-corrected chi connectivity index (χ3v) is 10.2. The van der Waals surface area contributed by atoms with E-state index in [9.17, 15) is 0 Å². The summed E-state index contributed by atoms with van der Waals surface area (Å²) in [6.07, 6.45) is 2.02. The number of benzene rings is 4. The minimum Gasteiger partial charge on any atom is -0.308 e. The minimum atomic E-state index is 0.408. The average Bonchev–Trinajstić information content (AvgIpc) is 3.30. The van der Waals surface area contributed by atoms with E-state index in [2.05, 4.69) is 134 Å². The van der Waals surface area contributed by atoms with E-state index in [0.717, 1.165) is 5.52 Å². The summed E-state index contributed by atoms with van der Waals surface area (Å²) in [6.45, 7) is 23.1. The first-order valence-electron chi connectivity index (χ1n) is 16.5. The first kappa shape index (κ1) is 28.8. The van der Waals surface area contributed by atoms with E-state index in [4.69, 9.17) is 4.98 Å². The first-order valence-corrected chi connectivity index (χ1v) is 16.5. The van der Waals surface area contributed by atoms with Gasteiger partial charge in [-0.25, -0.2) is 4.57 Å². The SMILES string of the molecule is Cc1cc2c3cc(C(C)C)ccc3n3c4cc(-c5c(C(C)C)cc(C(C)C)cc5C(C)C)cc5nc[n+](C)c(c(c1C)c23)c54. The number of rotatable bonds is 5. The van der Waals surface area contributed by atoms with Gasteiger partial charge in [0, 0.05) is 10.8 Å². The van der Waals surface area contributed by atoms with E-state index in [1.165, 1.54) is 88.1 Å². The van der Waals surface area contributed by atoms with Crippen LogP contribution in [0.3, 0.4) is 0 Å². The van der Waals surface area contributed by atoms with Crippen molar-refractivity contribution < 1.29 is 4.57 Å². The van der Waals surface area contributed by atoms with E-state index in [0.29, 0.717) is 23.7 Å². The molecule has 224 valence electrons. The van der Waals surface area contributed by atoms with Gasteiger partial charge in [0.1, 0.15) is 5.52 Å². The molecule has 3 heterocycles. The van der Waals surface area contributed by atoms with E-state index in [1.807, 2.05) is 6.33 Å². The Bertz CT molecular complexity index is 2230. The molecule has 0 radical (unpaired) electrons. The molecule has 7 rings (SSSR count). The summed E-state index contributed by atoms with van der Waals surface area (Å²) in [5.74, 6) is 1.77. The second-order valence-electron chi connectivity index (χ2n) is 14.5. The van der Waals surface area contributed by atoms with E-state index in [1.54, 1.807) is 0 Å². The molecule has 0 bridgehead atoms. The van der Waals surface area contributed by atoms with E-state index >= 15 is 0 Å². The minimum absolute atomic E-state index is 0.408. The second kappa shape index (κ2) is 10.0. The molecule has 0 spiro atoms. The molecule has 3 nitrogen and oxygen atoms in total. The largest absolute Gasteiger partial charge is 0.308 e. The van der Waals surface area contributed by atoms with Crippen molar-refractivity contribution in [3.8, 4) is 11.1 Å². The third kappa shape index (κ3) is 4.01. The Morgan fingerprint density at radius 3 is 1.93 bits per heavy atom. The quantitative estimate of drug-likeness (QED) is 0.113. The van der Waals surface area contributed by atoms with Crippen molar-refractivity contribution >= 4 is 49.1 Å². The Hall–Kier alpha value is -3.98. The maximum atomic E-state index is 5.11. The Balaban J connectivity index is 1.74. The van der Waals surface area contributed by atoms with Crippen molar-refractivity contribution in [1.82, 2.24) is 9.38 Å². The maximum absolute atomic E-state index is 5.11. The van der Waals surface area contributed by atoms with Gasteiger partial charge in [0.15, 0.2) is 5.52 Å². The highest BCUT2D eigenvalue weighted by atomic mass is 15.0. The monoisotopic (exact) mass is 580 g/mol. The Kier molecular flexibility index (Phi) is 6.55. The fourth-order valence-corrected chi connectivity index (χ4v) is 7.57. The average molecular weight is 581 g/mol. The Morgan fingerprint density at radius 1 is 0.659 bits per heavy atom. The molecule has 0 aliphatic carbocycles. The van der Waals surface area contributed by atoms with Crippen molar-refractivity contribution in [2.45, 2.75) is 92.9 Å². The molecule has 3 heteroatoms. The number of hydrogen-bond acceptors (Lipinski definition) is 1. The van der Waals surface area contributed by atoms with Crippen molar-refractivity contribution in [3.05, 3.63) is 88.2 Å². The smallest absolute Gasteiger partial charge is 0.287 e. The van der Waals surface area contributed by atoms with Gasteiger partial charge in [-0.2, -0.15) is 0 Å². The zero-order valence-corrected chi connectivity index (χ0v) is 28.3. The molecule has 0 aliphatic heterocycles. The van der Waals surface area contributed by atoms with Crippen LogP contribution >= 0.6 is 0 Å². The molecule has 7 aromatic rings. The van der Waals surface area contributed by atoms with E-state index < -0.39 is 0 Å². The van der Waals surface area contributed by atoms with Gasteiger partial charge in [-0.1, -0.05) is 73.6 Å². The molecule has 4 aromatic carbocycles. The summed E-state index contributed by atoms with van der Waals surface area (Å²) >= 11 is 0. The highest BCUT2D eigenvalue weighted by molar-refractivity contribution is 6.26. The lowest BCUT2D eigenvalue weighted by Gasteiger charge is -2.24. The number of pyridine rings is 1. The second-order valence-corrected chi connectivity index (χ2v) is 14.5. The standard InChI is InChI=1S/C41H46N3/c1-21(2)27-12-13-35-32(15-27)33-14-25(9)26(10)37-40(33)44(35)36-19-29(18-34-39(36)41(37)43(11)20-42-34)38-30(23(5)6)16-28(22(3)4)17-31(38)24(7)8/h12-24H,1-11H3/q+1. The number of aryl methyl sites for hydroxylation is 3. The predicted molar refractivity (Wildman–Crippen MR) is 189 cm³/mol. The predicted octanol–water partition coefficient (Wildman–Crippen LogP) is 11.0. The van der Waals surface area contributed by atoms with Gasteiger partial charge in [0.25, 0.3) is 6.33 Å². The van der Waals surface area contributed by atoms with Crippen LogP contribution in [0, 0.1) is 13.8 Å². The molecular weight excluding hydrogens is 534 g/mol. The molecule has 0 fully saturated rings. The molecule has 0 aliphatic rings. The summed E-state index contributed by atoms with van der Waals surface area (Å²) in [4.78, 5) is 5.11. The van der Waals surface area contributed by atoms with Gasteiger partial charge < -0.3 is 4.40 Å². The summed E-state index contributed by atoms with van der Waals surface area (Å²) < 4.78 is 4.80. The fourth-order valence-electron chi connectivity index (χ4n) is 7.57. The van der Waals surface area contributed by atoms with Crippen molar-refractivity contribution in [2.24, 2.45) is 7.05 Å². The Labute approximate surface area is 261 Å². The highest BCUT2D eigenvalue weighted by Crippen LogP contribution is 2.45. The van der Waals surface area contributed by atoms with Crippen molar-refractivity contribution in [2.75, 3.05) is 0 Å². The van der Waals surface area contributed by atoms with Gasteiger partial charge >= 0.3 is 0 Å². The molecule has 0 atom stereocenters. The molecule has 44 heavy (non-hydrogen) atoms. The lowest BCUT2D eigenvalue weighted by molar-refractivity contribution is -0.646. The topological polar surface area (TPSA) is 21.2 Å². The highest BCUT2D eigenvalue weighted by Gasteiger charge is 2.27. The van der Waals surface area contributed by atoms with Crippen LogP contribution in [-0.2, 0) is 7.05 Å². The summed E-state index contributed by atoms with van der Waals surface area (Å²) in [5.41, 5.74) is 17.2. The number of aromatic nitrogens is 3. The van der Waals surface area contributed by atoms with Crippen LogP contribution in [-0.4, -0.2) is 9.38 Å². The molecule has 0 saturated heterocycles. The zero-order chi connectivity index (χ0) is 31.4. The first-order chi connectivity index (χ1) is 20.9. The van der Waals surface area contributed by atoms with Gasteiger partial charge in [-0.3, -0.25) is 0 Å². The summed E-state index contributed by atoms with van der Waals surface area (Å²) in [5, 5.41) is 5.25. The molecule has 0 unspecified atom stereocenters. The summed E-state index contributed by atoms with van der Waals surface area (Å²) in [7, 11) is 2.15. The molecule has 3 aromatic heterocycles. The van der Waals surface area contributed by atoms with Crippen LogP contribution < -0.4 is 4.57 Å². The van der Waals surface area contributed by atoms with Crippen LogP contribution in [0.5, 0.6) is 0 Å². The van der Waals surface area contributed by atoms with Crippen molar-refractivity contribution in [1.29, 1.82) is 0 Å². The fraction of sp³-hybridized carbons (Fsp3) is 0.366. The lowest BCUT2D eigenvalue weighted by Crippen LogP contribution is -2.30. The summed E-state index contributed by atoms with van der Waals surface area (Å²) in [6, 6.07) is 19.3. The van der Waals surface area contributed by atoms with E-state index in [-0.39, 0.29) is 0 Å². The molecule has 0 amide bonds. The number of fused-ring (bicyclic) bond motifs is 5. The molecule has 0 saturated carbocycles. The van der Waals surface area contributed by atoms with Gasteiger partial charge in [0.2, 0.25) is 0 Å². The molecular formula is C41H46N3+. The van der Waals surface area contributed by atoms with Crippen LogP contribution in [0.1, 0.15) is 112 Å². The zero-order valence-electron chi connectivity index (χ0n) is 28.3. The number of nitrogens with zero attached hydrogens (tertiary/aromatic N) is 3. The lowest BCUT2D eigenvalue weighted by atomic mass is 9.81. The van der Waals surface area contributed by atoms with Gasteiger partial charge in [-0.15, -0.1) is 0 Å². The van der Waals surface area contributed by atoms with Crippen molar-refractivity contribution in [3.63, 3.8) is 0 Å². The van der Waals surface area contributed by atoms with Gasteiger partial charge in [-0.05, 0) is 117 Å². The van der Waals surface area contributed by atoms with Crippen LogP contribution in [0.15, 0.2) is 54.9 Å².